The van der Waals surface area contributed by atoms with E-state index in [1.54, 1.807) is 28.8 Å². The predicted octanol–water partition coefficient (Wildman–Crippen LogP) is 5.21. The zero-order valence-electron chi connectivity index (χ0n) is 16.3. The molecule has 0 saturated carbocycles. The molecule has 0 unspecified atom stereocenters. The molecule has 0 saturated heterocycles. The lowest BCUT2D eigenvalue weighted by Crippen LogP contribution is -2.27. The zero-order chi connectivity index (χ0) is 21.1. The van der Waals surface area contributed by atoms with E-state index < -0.39 is 0 Å². The van der Waals surface area contributed by atoms with Crippen molar-refractivity contribution in [2.75, 3.05) is 0 Å². The smallest absolute Gasteiger partial charge is 0.273 e. The molecule has 0 amide bonds. The van der Waals surface area contributed by atoms with Crippen molar-refractivity contribution in [1.82, 2.24) is 9.55 Å². The number of thioether (sulfide) groups is 1. The van der Waals surface area contributed by atoms with Crippen molar-refractivity contribution < 1.29 is 4.92 Å². The Morgan fingerprint density at radius 3 is 2.43 bits per heavy atom. The second-order valence-corrected chi connectivity index (χ2v) is 7.79. The molecule has 0 spiro atoms. The van der Waals surface area contributed by atoms with E-state index in [9.17, 15) is 14.9 Å². The lowest BCUT2D eigenvalue weighted by Gasteiger charge is -2.20. The summed E-state index contributed by atoms with van der Waals surface area (Å²) in [7, 11) is 0. The fourth-order valence-electron chi connectivity index (χ4n) is 3.40. The third-order valence-electron chi connectivity index (χ3n) is 4.99. The monoisotopic (exact) mass is 417 g/mol. The van der Waals surface area contributed by atoms with E-state index in [2.05, 4.69) is 0 Å². The Bertz CT molecular complexity index is 1270. The first-order chi connectivity index (χ1) is 14.6. The highest BCUT2D eigenvalue weighted by molar-refractivity contribution is 7.98. The van der Waals surface area contributed by atoms with Gasteiger partial charge in [0, 0.05) is 17.4 Å². The summed E-state index contributed by atoms with van der Waals surface area (Å²) >= 11 is 1.33. The largest absolute Gasteiger partial charge is 0.280 e. The molecule has 0 fully saturated rings. The van der Waals surface area contributed by atoms with E-state index in [1.807, 2.05) is 55.5 Å². The summed E-state index contributed by atoms with van der Waals surface area (Å²) in [5.41, 5.74) is 2.14. The molecule has 30 heavy (non-hydrogen) atoms. The standard InChI is InChI=1S/C23H19N3O3S/c1-16(17-9-3-2-4-10-17)25-22(27)19-12-6-7-13-20(19)24-23(25)30-15-18-11-5-8-14-21(18)26(28)29/h2-14,16H,15H2,1H3/t16-/m1/s1. The first-order valence-corrected chi connectivity index (χ1v) is 10.5. The SMILES string of the molecule is C[C@H](c1ccccc1)n1c(SCc2ccccc2[N+](=O)[O-])nc2ccccc2c1=O. The topological polar surface area (TPSA) is 78.0 Å². The number of benzene rings is 3. The van der Waals surface area contributed by atoms with Crippen LogP contribution in [0.25, 0.3) is 10.9 Å². The van der Waals surface area contributed by atoms with Crippen LogP contribution < -0.4 is 5.56 Å². The van der Waals surface area contributed by atoms with Crippen molar-refractivity contribution in [2.45, 2.75) is 23.9 Å². The molecule has 1 atom stereocenters. The first kappa shape index (κ1) is 19.8. The first-order valence-electron chi connectivity index (χ1n) is 9.47. The van der Waals surface area contributed by atoms with Crippen LogP contribution in [0.4, 0.5) is 5.69 Å². The fraction of sp³-hybridized carbons (Fsp3) is 0.130. The van der Waals surface area contributed by atoms with Crippen LogP contribution in [0, 0.1) is 10.1 Å². The molecule has 0 aliphatic carbocycles. The molecule has 1 heterocycles. The predicted molar refractivity (Wildman–Crippen MR) is 119 cm³/mol. The summed E-state index contributed by atoms with van der Waals surface area (Å²) in [5.74, 6) is 0.337. The van der Waals surface area contributed by atoms with E-state index in [-0.39, 0.29) is 22.2 Å². The average Bonchev–Trinajstić information content (AvgIpc) is 2.78. The van der Waals surface area contributed by atoms with Gasteiger partial charge in [-0.25, -0.2) is 4.98 Å². The maximum atomic E-state index is 13.4. The molecule has 0 aliphatic heterocycles. The van der Waals surface area contributed by atoms with Crippen molar-refractivity contribution in [3.05, 3.63) is 110 Å². The Balaban J connectivity index is 1.80. The molecular weight excluding hydrogens is 398 g/mol. The number of hydrogen-bond donors (Lipinski definition) is 0. The summed E-state index contributed by atoms with van der Waals surface area (Å²) in [4.78, 5) is 29.0. The normalized spacial score (nSPS) is 12.0. The molecule has 150 valence electrons. The van der Waals surface area contributed by atoms with Crippen molar-refractivity contribution in [2.24, 2.45) is 0 Å². The summed E-state index contributed by atoms with van der Waals surface area (Å²) in [6.45, 7) is 1.96. The number of nitro benzene ring substituents is 1. The minimum absolute atomic E-state index is 0.0655. The van der Waals surface area contributed by atoms with Crippen LogP contribution in [-0.4, -0.2) is 14.5 Å². The highest BCUT2D eigenvalue weighted by Gasteiger charge is 2.19. The van der Waals surface area contributed by atoms with Gasteiger partial charge in [0.05, 0.1) is 21.9 Å². The maximum Gasteiger partial charge on any atom is 0.273 e. The molecule has 1 aromatic heterocycles. The van der Waals surface area contributed by atoms with Crippen molar-refractivity contribution >= 4 is 28.4 Å². The van der Waals surface area contributed by atoms with Gasteiger partial charge < -0.3 is 0 Å². The zero-order valence-corrected chi connectivity index (χ0v) is 17.1. The van der Waals surface area contributed by atoms with E-state index >= 15 is 0 Å². The van der Waals surface area contributed by atoms with Gasteiger partial charge in [-0.05, 0) is 24.6 Å². The van der Waals surface area contributed by atoms with Crippen LogP contribution in [-0.2, 0) is 5.75 Å². The van der Waals surface area contributed by atoms with Gasteiger partial charge in [0.15, 0.2) is 5.16 Å². The minimum Gasteiger partial charge on any atom is -0.280 e. The quantitative estimate of drug-likeness (QED) is 0.186. The second-order valence-electron chi connectivity index (χ2n) is 6.85. The number of nitro groups is 1. The average molecular weight is 417 g/mol. The van der Waals surface area contributed by atoms with E-state index in [1.165, 1.54) is 17.8 Å². The molecule has 4 aromatic rings. The Morgan fingerprint density at radius 1 is 1.00 bits per heavy atom. The summed E-state index contributed by atoms with van der Waals surface area (Å²) in [5, 5.41) is 12.4. The van der Waals surface area contributed by atoms with Gasteiger partial charge in [0.25, 0.3) is 11.2 Å². The van der Waals surface area contributed by atoms with Gasteiger partial charge in [-0.3, -0.25) is 19.5 Å². The molecule has 7 heteroatoms. The second kappa shape index (κ2) is 8.51. The van der Waals surface area contributed by atoms with Crippen LogP contribution in [0.5, 0.6) is 0 Å². The fourth-order valence-corrected chi connectivity index (χ4v) is 4.47. The van der Waals surface area contributed by atoms with Crippen LogP contribution in [0.2, 0.25) is 0 Å². The Kier molecular flexibility index (Phi) is 5.63. The Hall–Kier alpha value is -3.45. The van der Waals surface area contributed by atoms with E-state index in [0.29, 0.717) is 27.4 Å². The van der Waals surface area contributed by atoms with E-state index in [4.69, 9.17) is 4.98 Å². The number of nitrogens with zero attached hydrogens (tertiary/aromatic N) is 3. The van der Waals surface area contributed by atoms with Crippen LogP contribution >= 0.6 is 11.8 Å². The number of para-hydroxylation sites is 2. The number of fused-ring (bicyclic) bond motifs is 1. The highest BCUT2D eigenvalue weighted by Crippen LogP contribution is 2.30. The number of hydrogen-bond acceptors (Lipinski definition) is 5. The Labute approximate surface area is 177 Å². The Morgan fingerprint density at radius 2 is 1.67 bits per heavy atom. The molecule has 3 aromatic carbocycles. The molecule has 4 rings (SSSR count). The molecule has 0 aliphatic rings. The maximum absolute atomic E-state index is 13.4. The number of rotatable bonds is 6. The van der Waals surface area contributed by atoms with Crippen LogP contribution in [0.15, 0.2) is 88.8 Å². The lowest BCUT2D eigenvalue weighted by molar-refractivity contribution is -0.385. The summed E-state index contributed by atoms with van der Waals surface area (Å²) in [6, 6.07) is 23.4. The van der Waals surface area contributed by atoms with Gasteiger partial charge in [0.1, 0.15) is 0 Å². The van der Waals surface area contributed by atoms with Crippen LogP contribution in [0.3, 0.4) is 0 Å². The van der Waals surface area contributed by atoms with E-state index in [0.717, 1.165) is 5.56 Å². The van der Waals surface area contributed by atoms with Crippen molar-refractivity contribution in [3.8, 4) is 0 Å². The third kappa shape index (κ3) is 3.84. The highest BCUT2D eigenvalue weighted by atomic mass is 32.2. The minimum atomic E-state index is -0.386. The van der Waals surface area contributed by atoms with Gasteiger partial charge in [-0.15, -0.1) is 0 Å². The van der Waals surface area contributed by atoms with Crippen molar-refractivity contribution in [1.29, 1.82) is 0 Å². The van der Waals surface area contributed by atoms with Gasteiger partial charge in [0.2, 0.25) is 0 Å². The molecule has 0 N–H and O–H groups in total. The lowest BCUT2D eigenvalue weighted by atomic mass is 10.1. The molecule has 6 nitrogen and oxygen atoms in total. The molecule has 0 bridgehead atoms. The summed E-state index contributed by atoms with van der Waals surface area (Å²) in [6.07, 6.45) is 0. The third-order valence-corrected chi connectivity index (χ3v) is 5.99. The van der Waals surface area contributed by atoms with Crippen LogP contribution in [0.1, 0.15) is 24.1 Å². The molecule has 0 radical (unpaired) electrons. The molecular formula is C23H19N3O3S. The van der Waals surface area contributed by atoms with Gasteiger partial charge in [-0.2, -0.15) is 0 Å². The van der Waals surface area contributed by atoms with Gasteiger partial charge >= 0.3 is 0 Å². The van der Waals surface area contributed by atoms with Gasteiger partial charge in [-0.1, -0.05) is 72.4 Å². The summed E-state index contributed by atoms with van der Waals surface area (Å²) < 4.78 is 1.68. The number of aromatic nitrogens is 2. The van der Waals surface area contributed by atoms with Crippen molar-refractivity contribution in [3.63, 3.8) is 0 Å².